The molecule has 0 unspecified atom stereocenters. The fraction of sp³-hybridized carbons (Fsp3) is 0.143. The number of benzene rings is 2. The number of rotatable bonds is 5. The van der Waals surface area contributed by atoms with Gasteiger partial charge in [-0.3, -0.25) is 10.1 Å². The number of hydrogen-bond acceptors (Lipinski definition) is 4. The SMILES string of the molecule is CNc1c(COc2cccc(Cl)c2)cccc1[N+](=O)[O-]. The minimum atomic E-state index is -0.422. The molecule has 2 rings (SSSR count). The molecule has 0 amide bonds. The van der Waals surface area contributed by atoms with E-state index < -0.39 is 4.92 Å². The van der Waals surface area contributed by atoms with E-state index in [1.165, 1.54) is 6.07 Å². The molecule has 0 atom stereocenters. The normalized spacial score (nSPS) is 10.1. The zero-order valence-corrected chi connectivity index (χ0v) is 11.6. The van der Waals surface area contributed by atoms with Crippen molar-refractivity contribution in [3.63, 3.8) is 0 Å². The van der Waals surface area contributed by atoms with Crippen LogP contribution in [0, 0.1) is 10.1 Å². The van der Waals surface area contributed by atoms with Gasteiger partial charge in [-0.05, 0) is 18.2 Å². The van der Waals surface area contributed by atoms with Crippen LogP contribution in [0.15, 0.2) is 42.5 Å². The Morgan fingerprint density at radius 3 is 2.70 bits per heavy atom. The van der Waals surface area contributed by atoms with E-state index in [9.17, 15) is 10.1 Å². The van der Waals surface area contributed by atoms with Gasteiger partial charge < -0.3 is 10.1 Å². The highest BCUT2D eigenvalue weighted by atomic mass is 35.5. The van der Waals surface area contributed by atoms with Gasteiger partial charge in [-0.1, -0.05) is 29.8 Å². The predicted molar refractivity (Wildman–Crippen MR) is 78.4 cm³/mol. The van der Waals surface area contributed by atoms with E-state index in [0.29, 0.717) is 22.0 Å². The molecular weight excluding hydrogens is 280 g/mol. The van der Waals surface area contributed by atoms with Gasteiger partial charge >= 0.3 is 0 Å². The number of anilines is 1. The third-order valence-electron chi connectivity index (χ3n) is 2.77. The Bertz CT molecular complexity index is 632. The Morgan fingerprint density at radius 2 is 2.05 bits per heavy atom. The smallest absolute Gasteiger partial charge is 0.292 e. The number of nitro benzene ring substituents is 1. The van der Waals surface area contributed by atoms with E-state index in [0.717, 1.165) is 0 Å². The maximum absolute atomic E-state index is 11.0. The minimum Gasteiger partial charge on any atom is -0.489 e. The first-order chi connectivity index (χ1) is 9.61. The Hall–Kier alpha value is -2.27. The van der Waals surface area contributed by atoms with E-state index in [4.69, 9.17) is 16.3 Å². The van der Waals surface area contributed by atoms with Crippen LogP contribution in [0.2, 0.25) is 5.02 Å². The van der Waals surface area contributed by atoms with Crippen molar-refractivity contribution in [3.05, 3.63) is 63.2 Å². The van der Waals surface area contributed by atoms with Gasteiger partial charge in [0.2, 0.25) is 0 Å². The first-order valence-corrected chi connectivity index (χ1v) is 6.32. The van der Waals surface area contributed by atoms with Crippen LogP contribution in [0.3, 0.4) is 0 Å². The Labute approximate surface area is 121 Å². The first kappa shape index (κ1) is 14.1. The van der Waals surface area contributed by atoms with Crippen molar-refractivity contribution in [3.8, 4) is 5.75 Å². The second-order valence-corrected chi connectivity index (χ2v) is 4.50. The van der Waals surface area contributed by atoms with E-state index in [1.54, 1.807) is 43.4 Å². The highest BCUT2D eigenvalue weighted by molar-refractivity contribution is 6.30. The average Bonchev–Trinajstić information content (AvgIpc) is 2.44. The number of nitrogens with one attached hydrogen (secondary N) is 1. The number of para-hydroxylation sites is 1. The first-order valence-electron chi connectivity index (χ1n) is 5.94. The molecule has 0 heterocycles. The summed E-state index contributed by atoms with van der Waals surface area (Å²) in [6, 6.07) is 11.9. The standard InChI is InChI=1S/C14H13ClN2O3/c1-16-14-10(4-2-7-13(14)17(18)19)9-20-12-6-3-5-11(15)8-12/h2-8,16H,9H2,1H3. The van der Waals surface area contributed by atoms with Crippen LogP contribution in [0.5, 0.6) is 5.75 Å². The quantitative estimate of drug-likeness (QED) is 0.671. The van der Waals surface area contributed by atoms with Crippen molar-refractivity contribution < 1.29 is 9.66 Å². The Morgan fingerprint density at radius 1 is 1.30 bits per heavy atom. The number of halogens is 1. The third-order valence-corrected chi connectivity index (χ3v) is 3.00. The summed E-state index contributed by atoms with van der Waals surface area (Å²) >= 11 is 5.87. The molecule has 6 heteroatoms. The molecule has 0 saturated heterocycles. The topological polar surface area (TPSA) is 64.4 Å². The third kappa shape index (κ3) is 3.19. The molecule has 104 valence electrons. The second-order valence-electron chi connectivity index (χ2n) is 4.06. The second kappa shape index (κ2) is 6.25. The summed E-state index contributed by atoms with van der Waals surface area (Å²) in [5.74, 6) is 0.617. The van der Waals surface area contributed by atoms with E-state index >= 15 is 0 Å². The molecular formula is C14H13ClN2O3. The maximum Gasteiger partial charge on any atom is 0.292 e. The summed E-state index contributed by atoms with van der Waals surface area (Å²) in [6.45, 7) is 0.220. The van der Waals surface area contributed by atoms with Crippen LogP contribution in [0.1, 0.15) is 5.56 Å². The molecule has 0 spiro atoms. The monoisotopic (exact) mass is 292 g/mol. The van der Waals surface area contributed by atoms with Crippen LogP contribution in [-0.2, 0) is 6.61 Å². The van der Waals surface area contributed by atoms with E-state index in [1.807, 2.05) is 0 Å². The van der Waals surface area contributed by atoms with Crippen molar-refractivity contribution >= 4 is 23.0 Å². The number of ether oxygens (including phenoxy) is 1. The van der Waals surface area contributed by atoms with Gasteiger partial charge in [-0.25, -0.2) is 0 Å². The van der Waals surface area contributed by atoms with Crippen LogP contribution in [-0.4, -0.2) is 12.0 Å². The molecule has 2 aromatic rings. The lowest BCUT2D eigenvalue weighted by Crippen LogP contribution is -2.04. The van der Waals surface area contributed by atoms with Crippen molar-refractivity contribution in [1.82, 2.24) is 0 Å². The molecule has 0 aromatic heterocycles. The summed E-state index contributed by atoms with van der Waals surface area (Å²) in [4.78, 5) is 10.5. The fourth-order valence-corrected chi connectivity index (χ4v) is 2.05. The highest BCUT2D eigenvalue weighted by Gasteiger charge is 2.16. The zero-order valence-electron chi connectivity index (χ0n) is 10.8. The summed E-state index contributed by atoms with van der Waals surface area (Å²) in [5.41, 5.74) is 1.20. The molecule has 5 nitrogen and oxygen atoms in total. The van der Waals surface area contributed by atoms with Crippen molar-refractivity contribution in [1.29, 1.82) is 0 Å². The van der Waals surface area contributed by atoms with Gasteiger partial charge in [0.25, 0.3) is 5.69 Å². The van der Waals surface area contributed by atoms with E-state index in [2.05, 4.69) is 5.32 Å². The lowest BCUT2D eigenvalue weighted by Gasteiger charge is -2.11. The van der Waals surface area contributed by atoms with Crippen molar-refractivity contribution in [2.75, 3.05) is 12.4 Å². The maximum atomic E-state index is 11.0. The molecule has 1 N–H and O–H groups in total. The molecule has 20 heavy (non-hydrogen) atoms. The average molecular weight is 293 g/mol. The lowest BCUT2D eigenvalue weighted by atomic mass is 10.1. The molecule has 0 aliphatic heterocycles. The Balaban J connectivity index is 2.21. The van der Waals surface area contributed by atoms with Crippen LogP contribution < -0.4 is 10.1 Å². The van der Waals surface area contributed by atoms with Crippen molar-refractivity contribution in [2.45, 2.75) is 6.61 Å². The van der Waals surface area contributed by atoms with Gasteiger partial charge in [-0.2, -0.15) is 0 Å². The van der Waals surface area contributed by atoms with Crippen LogP contribution >= 0.6 is 11.6 Å². The largest absolute Gasteiger partial charge is 0.489 e. The lowest BCUT2D eigenvalue weighted by molar-refractivity contribution is -0.384. The molecule has 0 aliphatic rings. The summed E-state index contributed by atoms with van der Waals surface area (Å²) in [6.07, 6.45) is 0. The fourth-order valence-electron chi connectivity index (χ4n) is 1.87. The van der Waals surface area contributed by atoms with E-state index in [-0.39, 0.29) is 12.3 Å². The molecule has 0 aliphatic carbocycles. The van der Waals surface area contributed by atoms with Crippen LogP contribution in [0.4, 0.5) is 11.4 Å². The van der Waals surface area contributed by atoms with Gasteiger partial charge in [0, 0.05) is 23.7 Å². The van der Waals surface area contributed by atoms with Gasteiger partial charge in [0.15, 0.2) is 0 Å². The Kier molecular flexibility index (Phi) is 4.42. The summed E-state index contributed by atoms with van der Waals surface area (Å²) in [5, 5.41) is 14.4. The van der Waals surface area contributed by atoms with Gasteiger partial charge in [-0.15, -0.1) is 0 Å². The number of nitro groups is 1. The summed E-state index contributed by atoms with van der Waals surface area (Å²) in [7, 11) is 1.64. The van der Waals surface area contributed by atoms with Gasteiger partial charge in [0.05, 0.1) is 4.92 Å². The summed E-state index contributed by atoms with van der Waals surface area (Å²) < 4.78 is 5.60. The molecule has 0 bridgehead atoms. The predicted octanol–water partition coefficient (Wildman–Crippen LogP) is 3.87. The van der Waals surface area contributed by atoms with Gasteiger partial charge in [0.1, 0.15) is 18.0 Å². The molecule has 0 fully saturated rings. The number of nitrogens with zero attached hydrogens (tertiary/aromatic N) is 1. The highest BCUT2D eigenvalue weighted by Crippen LogP contribution is 2.29. The van der Waals surface area contributed by atoms with Crippen LogP contribution in [0.25, 0.3) is 0 Å². The zero-order chi connectivity index (χ0) is 14.5. The number of hydrogen-bond donors (Lipinski definition) is 1. The molecule has 2 aromatic carbocycles. The molecule has 0 saturated carbocycles. The molecule has 0 radical (unpaired) electrons. The minimum absolute atomic E-state index is 0.0275. The van der Waals surface area contributed by atoms with Crippen molar-refractivity contribution in [2.24, 2.45) is 0 Å².